The topological polar surface area (TPSA) is 43.0 Å². The van der Waals surface area contributed by atoms with Crippen LogP contribution in [-0.2, 0) is 13.1 Å². The summed E-state index contributed by atoms with van der Waals surface area (Å²) < 4.78 is 7.94. The molecule has 4 nitrogen and oxygen atoms in total. The quantitative estimate of drug-likeness (QED) is 0.756. The van der Waals surface area contributed by atoms with Gasteiger partial charge >= 0.3 is 0 Å². The Balaban J connectivity index is 1.75. The van der Waals surface area contributed by atoms with Crippen LogP contribution in [-0.4, -0.2) is 16.1 Å². The summed E-state index contributed by atoms with van der Waals surface area (Å²) in [5, 5.41) is 5.32. The maximum Gasteiger partial charge on any atom is 0.150 e. The molecular formula is C15H17N3OS. The molecule has 0 amide bonds. The van der Waals surface area contributed by atoms with E-state index in [1.807, 2.05) is 30.6 Å². The Labute approximate surface area is 122 Å². The molecule has 3 aromatic heterocycles. The number of rotatable bonds is 6. The molecule has 5 heteroatoms. The van der Waals surface area contributed by atoms with Crippen LogP contribution in [0.3, 0.4) is 0 Å². The van der Waals surface area contributed by atoms with Gasteiger partial charge in [-0.25, -0.2) is 4.98 Å². The average Bonchev–Trinajstić information content (AvgIpc) is 3.18. The Hall–Kier alpha value is -1.85. The van der Waals surface area contributed by atoms with E-state index in [0.717, 1.165) is 30.4 Å². The van der Waals surface area contributed by atoms with E-state index in [1.165, 1.54) is 4.88 Å². The van der Waals surface area contributed by atoms with Crippen molar-refractivity contribution in [2.45, 2.75) is 20.0 Å². The van der Waals surface area contributed by atoms with Gasteiger partial charge in [-0.1, -0.05) is 13.0 Å². The average molecular weight is 287 g/mol. The molecule has 0 saturated carbocycles. The first-order valence-electron chi connectivity index (χ1n) is 6.70. The highest BCUT2D eigenvalue weighted by Gasteiger charge is 2.09. The predicted molar refractivity (Wildman–Crippen MR) is 80.7 cm³/mol. The maximum atomic E-state index is 5.82. The van der Waals surface area contributed by atoms with Gasteiger partial charge in [-0.3, -0.25) is 0 Å². The third-order valence-corrected chi connectivity index (χ3v) is 3.92. The minimum absolute atomic E-state index is 0.708. The smallest absolute Gasteiger partial charge is 0.150 e. The summed E-state index contributed by atoms with van der Waals surface area (Å²) in [5.41, 5.74) is 0. The third kappa shape index (κ3) is 2.84. The molecule has 0 bridgehead atoms. The lowest BCUT2D eigenvalue weighted by atomic mass is 10.4. The summed E-state index contributed by atoms with van der Waals surface area (Å²) in [7, 11) is 0. The first-order valence-corrected chi connectivity index (χ1v) is 7.58. The van der Waals surface area contributed by atoms with Crippen LogP contribution >= 0.6 is 11.3 Å². The van der Waals surface area contributed by atoms with Crippen molar-refractivity contribution in [3.8, 4) is 10.7 Å². The van der Waals surface area contributed by atoms with Gasteiger partial charge < -0.3 is 14.3 Å². The Morgan fingerprint density at radius 1 is 1.30 bits per heavy atom. The molecule has 0 aliphatic rings. The highest BCUT2D eigenvalue weighted by molar-refractivity contribution is 7.13. The van der Waals surface area contributed by atoms with Crippen molar-refractivity contribution in [2.24, 2.45) is 0 Å². The van der Waals surface area contributed by atoms with Crippen LogP contribution in [0.1, 0.15) is 18.4 Å². The summed E-state index contributed by atoms with van der Waals surface area (Å²) in [6, 6.07) is 8.19. The van der Waals surface area contributed by atoms with Crippen LogP contribution in [0.25, 0.3) is 10.7 Å². The zero-order chi connectivity index (χ0) is 13.8. The lowest BCUT2D eigenvalue weighted by molar-refractivity contribution is 0.440. The molecular weight excluding hydrogens is 270 g/mol. The summed E-state index contributed by atoms with van der Waals surface area (Å²) in [4.78, 5) is 5.61. The van der Waals surface area contributed by atoms with Gasteiger partial charge in [0.2, 0.25) is 0 Å². The molecule has 20 heavy (non-hydrogen) atoms. The van der Waals surface area contributed by atoms with Crippen LogP contribution < -0.4 is 5.32 Å². The Morgan fingerprint density at radius 3 is 3.00 bits per heavy atom. The van der Waals surface area contributed by atoms with Crippen molar-refractivity contribution in [3.63, 3.8) is 0 Å². The Morgan fingerprint density at radius 2 is 2.20 bits per heavy atom. The summed E-state index contributed by atoms with van der Waals surface area (Å²) in [5.74, 6) is 2.91. The van der Waals surface area contributed by atoms with Gasteiger partial charge in [0.1, 0.15) is 17.3 Å². The van der Waals surface area contributed by atoms with Gasteiger partial charge in [-0.15, -0.1) is 11.3 Å². The normalized spacial score (nSPS) is 11.1. The van der Waals surface area contributed by atoms with E-state index < -0.39 is 0 Å². The molecule has 0 spiro atoms. The minimum Gasteiger partial charge on any atom is -0.463 e. The van der Waals surface area contributed by atoms with Crippen molar-refractivity contribution in [2.75, 3.05) is 6.54 Å². The fourth-order valence-electron chi connectivity index (χ4n) is 2.09. The van der Waals surface area contributed by atoms with E-state index in [4.69, 9.17) is 4.42 Å². The maximum absolute atomic E-state index is 5.82. The first-order chi connectivity index (χ1) is 9.86. The van der Waals surface area contributed by atoms with E-state index >= 15 is 0 Å². The number of furan rings is 1. The lowest BCUT2D eigenvalue weighted by Crippen LogP contribution is -2.10. The molecule has 0 aliphatic carbocycles. The highest BCUT2D eigenvalue weighted by atomic mass is 32.1. The SMILES string of the molecule is CCNCc1ccc(Cn2ccnc2-c2cccs2)o1. The van der Waals surface area contributed by atoms with Gasteiger partial charge in [0.25, 0.3) is 0 Å². The van der Waals surface area contributed by atoms with Gasteiger partial charge in [0.05, 0.1) is 18.0 Å². The molecule has 3 heterocycles. The van der Waals surface area contributed by atoms with Crippen molar-refractivity contribution in [1.82, 2.24) is 14.9 Å². The number of aromatic nitrogens is 2. The molecule has 3 rings (SSSR count). The molecule has 0 atom stereocenters. The van der Waals surface area contributed by atoms with Gasteiger partial charge in [0, 0.05) is 12.4 Å². The standard InChI is InChI=1S/C15H17N3OS/c1-2-16-10-12-5-6-13(19-12)11-18-8-7-17-15(18)14-4-3-9-20-14/h3-9,16H,2,10-11H2,1H3. The minimum atomic E-state index is 0.708. The van der Waals surface area contributed by atoms with Crippen LogP contribution in [0.15, 0.2) is 46.5 Å². The molecule has 0 unspecified atom stereocenters. The van der Waals surface area contributed by atoms with Crippen molar-refractivity contribution >= 4 is 11.3 Å². The second kappa shape index (κ2) is 6.07. The van der Waals surface area contributed by atoms with Crippen molar-refractivity contribution in [3.05, 3.63) is 53.6 Å². The van der Waals surface area contributed by atoms with E-state index in [9.17, 15) is 0 Å². The van der Waals surface area contributed by atoms with E-state index in [-0.39, 0.29) is 0 Å². The van der Waals surface area contributed by atoms with Crippen molar-refractivity contribution in [1.29, 1.82) is 0 Å². The number of imidazole rings is 1. The molecule has 104 valence electrons. The van der Waals surface area contributed by atoms with Crippen LogP contribution in [0.5, 0.6) is 0 Å². The van der Waals surface area contributed by atoms with Crippen LogP contribution in [0.2, 0.25) is 0 Å². The largest absolute Gasteiger partial charge is 0.463 e. The lowest BCUT2D eigenvalue weighted by Gasteiger charge is -2.04. The van der Waals surface area contributed by atoms with E-state index in [1.54, 1.807) is 11.3 Å². The van der Waals surface area contributed by atoms with E-state index in [2.05, 4.69) is 33.2 Å². The van der Waals surface area contributed by atoms with Gasteiger partial charge in [0.15, 0.2) is 0 Å². The van der Waals surface area contributed by atoms with Crippen LogP contribution in [0.4, 0.5) is 0 Å². The second-order valence-corrected chi connectivity index (χ2v) is 5.45. The molecule has 0 aliphatic heterocycles. The molecule has 0 fully saturated rings. The predicted octanol–water partition coefficient (Wildman–Crippen LogP) is 3.36. The number of thiophene rings is 1. The number of nitrogens with one attached hydrogen (secondary N) is 1. The second-order valence-electron chi connectivity index (χ2n) is 4.50. The monoisotopic (exact) mass is 287 g/mol. The fourth-order valence-corrected chi connectivity index (χ4v) is 2.82. The highest BCUT2D eigenvalue weighted by Crippen LogP contribution is 2.23. The summed E-state index contributed by atoms with van der Waals surface area (Å²) >= 11 is 1.70. The molecule has 3 aromatic rings. The third-order valence-electron chi connectivity index (χ3n) is 3.05. The Kier molecular flexibility index (Phi) is 3.99. The summed E-state index contributed by atoms with van der Waals surface area (Å²) in [6.45, 7) is 4.51. The Bertz CT molecular complexity index is 654. The number of hydrogen-bond acceptors (Lipinski definition) is 4. The summed E-state index contributed by atoms with van der Waals surface area (Å²) in [6.07, 6.45) is 3.82. The molecule has 0 aromatic carbocycles. The first kappa shape index (κ1) is 13.1. The molecule has 0 radical (unpaired) electrons. The van der Waals surface area contributed by atoms with Gasteiger partial charge in [-0.05, 0) is 30.1 Å². The van der Waals surface area contributed by atoms with Crippen LogP contribution in [0, 0.1) is 0 Å². The van der Waals surface area contributed by atoms with Gasteiger partial charge in [-0.2, -0.15) is 0 Å². The zero-order valence-electron chi connectivity index (χ0n) is 11.4. The fraction of sp³-hybridized carbons (Fsp3) is 0.267. The number of nitrogens with zero attached hydrogens (tertiary/aromatic N) is 2. The zero-order valence-corrected chi connectivity index (χ0v) is 12.2. The van der Waals surface area contributed by atoms with E-state index in [0.29, 0.717) is 6.54 Å². The number of hydrogen-bond donors (Lipinski definition) is 1. The molecule has 0 saturated heterocycles. The molecule has 1 N–H and O–H groups in total. The van der Waals surface area contributed by atoms with Crippen molar-refractivity contribution < 1.29 is 4.42 Å².